The van der Waals surface area contributed by atoms with E-state index in [-0.39, 0.29) is 12.1 Å². The quantitative estimate of drug-likeness (QED) is 0.843. The van der Waals surface area contributed by atoms with Crippen LogP contribution in [0.15, 0.2) is 30.3 Å². The molecule has 1 aliphatic rings. The zero-order valence-electron chi connectivity index (χ0n) is 15.9. The van der Waals surface area contributed by atoms with Crippen molar-refractivity contribution in [1.29, 1.82) is 0 Å². The molecule has 1 atom stereocenters. The van der Waals surface area contributed by atoms with Gasteiger partial charge in [0.25, 0.3) is 0 Å². The first-order valence-electron chi connectivity index (χ1n) is 9.12. The van der Waals surface area contributed by atoms with E-state index >= 15 is 0 Å². The summed E-state index contributed by atoms with van der Waals surface area (Å²) in [5, 5.41) is 12.7. The number of aromatic nitrogens is 4. The number of hydrogen-bond donors (Lipinski definition) is 0. The molecule has 1 saturated heterocycles. The van der Waals surface area contributed by atoms with Crippen molar-refractivity contribution in [1.82, 2.24) is 25.1 Å². The number of carbonyl (C=O) groups excluding carboxylic acids is 1. The van der Waals surface area contributed by atoms with Crippen molar-refractivity contribution in [3.63, 3.8) is 0 Å². The molecule has 0 unspecified atom stereocenters. The van der Waals surface area contributed by atoms with Crippen molar-refractivity contribution in [2.75, 3.05) is 13.1 Å². The number of likely N-dealkylation sites (tertiary alicyclic amines) is 1. The zero-order valence-corrected chi connectivity index (χ0v) is 15.9. The number of aryl methyl sites for hydroxylation is 1. The van der Waals surface area contributed by atoms with Crippen LogP contribution >= 0.6 is 0 Å². The third-order valence-corrected chi connectivity index (χ3v) is 4.56. The molecule has 1 aliphatic heterocycles. The molecule has 2 heterocycles. The number of amides is 1. The highest BCUT2D eigenvalue weighted by atomic mass is 16.6. The van der Waals surface area contributed by atoms with Crippen molar-refractivity contribution in [3.05, 3.63) is 41.7 Å². The topological polar surface area (TPSA) is 73.1 Å². The van der Waals surface area contributed by atoms with Crippen LogP contribution in [0, 0.1) is 12.8 Å². The highest BCUT2D eigenvalue weighted by molar-refractivity contribution is 5.68. The molecule has 1 aromatic carbocycles. The number of nitrogens with zero attached hydrogens (tertiary/aromatic N) is 5. The van der Waals surface area contributed by atoms with Crippen LogP contribution in [0.1, 0.15) is 51.0 Å². The van der Waals surface area contributed by atoms with Gasteiger partial charge in [-0.3, -0.25) is 0 Å². The van der Waals surface area contributed by atoms with Gasteiger partial charge in [-0.25, -0.2) is 4.79 Å². The summed E-state index contributed by atoms with van der Waals surface area (Å²) in [6.07, 6.45) is 1.51. The van der Waals surface area contributed by atoms with Crippen LogP contribution in [0.2, 0.25) is 0 Å². The monoisotopic (exact) mass is 357 g/mol. The number of piperidine rings is 1. The SMILES string of the molecule is Cc1nnn([C@H](c2ccccc2)C2CCN(C(=O)OC(C)(C)C)CC2)n1. The van der Waals surface area contributed by atoms with Gasteiger partial charge in [-0.15, -0.1) is 10.2 Å². The third-order valence-electron chi connectivity index (χ3n) is 4.56. The highest BCUT2D eigenvalue weighted by Crippen LogP contribution is 2.33. The molecule has 0 radical (unpaired) electrons. The molecule has 0 saturated carbocycles. The van der Waals surface area contributed by atoms with Crippen LogP contribution in [0.5, 0.6) is 0 Å². The second-order valence-corrected chi connectivity index (χ2v) is 7.82. The normalized spacial score (nSPS) is 17.2. The van der Waals surface area contributed by atoms with Gasteiger partial charge in [-0.2, -0.15) is 4.80 Å². The molecule has 1 aromatic heterocycles. The van der Waals surface area contributed by atoms with Crippen LogP contribution < -0.4 is 0 Å². The van der Waals surface area contributed by atoms with Gasteiger partial charge >= 0.3 is 6.09 Å². The predicted molar refractivity (Wildman–Crippen MR) is 97.7 cm³/mol. The Labute approximate surface area is 154 Å². The Bertz CT molecular complexity index is 730. The second kappa shape index (κ2) is 7.43. The van der Waals surface area contributed by atoms with E-state index in [9.17, 15) is 4.79 Å². The van der Waals surface area contributed by atoms with Crippen molar-refractivity contribution in [2.24, 2.45) is 5.92 Å². The Balaban J connectivity index is 1.73. The number of carbonyl (C=O) groups is 1. The lowest BCUT2D eigenvalue weighted by Gasteiger charge is -2.36. The minimum absolute atomic E-state index is 0.0261. The maximum absolute atomic E-state index is 12.3. The van der Waals surface area contributed by atoms with E-state index in [1.807, 2.05) is 45.9 Å². The molecule has 7 heteroatoms. The lowest BCUT2D eigenvalue weighted by Crippen LogP contribution is -2.43. The van der Waals surface area contributed by atoms with E-state index in [2.05, 4.69) is 27.5 Å². The van der Waals surface area contributed by atoms with Gasteiger partial charge in [0, 0.05) is 13.1 Å². The molecule has 0 N–H and O–H groups in total. The Morgan fingerprint density at radius 1 is 1.19 bits per heavy atom. The Morgan fingerprint density at radius 2 is 1.85 bits per heavy atom. The van der Waals surface area contributed by atoms with Crippen molar-refractivity contribution in [2.45, 2.75) is 52.2 Å². The number of ether oxygens (including phenoxy) is 1. The summed E-state index contributed by atoms with van der Waals surface area (Å²) in [5.41, 5.74) is 0.698. The lowest BCUT2D eigenvalue weighted by atomic mass is 9.86. The Hall–Kier alpha value is -2.44. The van der Waals surface area contributed by atoms with Gasteiger partial charge in [-0.1, -0.05) is 30.3 Å². The van der Waals surface area contributed by atoms with Crippen LogP contribution in [-0.4, -0.2) is 49.9 Å². The van der Waals surface area contributed by atoms with E-state index in [1.165, 1.54) is 5.56 Å². The first-order valence-corrected chi connectivity index (χ1v) is 9.12. The number of benzene rings is 1. The molecule has 7 nitrogen and oxygen atoms in total. The van der Waals surface area contributed by atoms with Gasteiger partial charge in [0.15, 0.2) is 5.82 Å². The largest absolute Gasteiger partial charge is 0.444 e. The van der Waals surface area contributed by atoms with Crippen molar-refractivity contribution in [3.8, 4) is 0 Å². The fraction of sp³-hybridized carbons (Fsp3) is 0.579. The van der Waals surface area contributed by atoms with Crippen LogP contribution in [-0.2, 0) is 4.74 Å². The van der Waals surface area contributed by atoms with Crippen LogP contribution in [0.3, 0.4) is 0 Å². The number of hydrogen-bond acceptors (Lipinski definition) is 5. The molecule has 0 aliphatic carbocycles. The second-order valence-electron chi connectivity index (χ2n) is 7.82. The van der Waals surface area contributed by atoms with E-state index in [1.54, 1.807) is 9.70 Å². The fourth-order valence-corrected chi connectivity index (χ4v) is 3.39. The summed E-state index contributed by atoms with van der Waals surface area (Å²) >= 11 is 0. The lowest BCUT2D eigenvalue weighted by molar-refractivity contribution is 0.0165. The van der Waals surface area contributed by atoms with Crippen molar-refractivity contribution < 1.29 is 9.53 Å². The summed E-state index contributed by atoms with van der Waals surface area (Å²) in [5.74, 6) is 1.00. The average molecular weight is 357 g/mol. The van der Waals surface area contributed by atoms with Gasteiger partial charge in [0.1, 0.15) is 11.6 Å². The summed E-state index contributed by atoms with van der Waals surface area (Å²) < 4.78 is 5.49. The van der Waals surface area contributed by atoms with Crippen molar-refractivity contribution >= 4 is 6.09 Å². The third kappa shape index (κ3) is 4.39. The van der Waals surface area contributed by atoms with Gasteiger partial charge in [0.2, 0.25) is 0 Å². The highest BCUT2D eigenvalue weighted by Gasteiger charge is 2.33. The zero-order chi connectivity index (χ0) is 18.7. The van der Waals surface area contributed by atoms with Gasteiger partial charge in [-0.05, 0) is 57.2 Å². The van der Waals surface area contributed by atoms with E-state index in [4.69, 9.17) is 4.74 Å². The number of rotatable bonds is 3. The number of tetrazole rings is 1. The fourth-order valence-electron chi connectivity index (χ4n) is 3.39. The van der Waals surface area contributed by atoms with Crippen LogP contribution in [0.4, 0.5) is 4.79 Å². The molecule has 26 heavy (non-hydrogen) atoms. The Kier molecular flexibility index (Phi) is 5.25. The standard InChI is InChI=1S/C19H27N5O2/c1-14-20-22-24(21-14)17(15-8-6-5-7-9-15)16-10-12-23(13-11-16)18(25)26-19(2,3)4/h5-9,16-17H,10-13H2,1-4H3/t17-/m1/s1. The van der Waals surface area contributed by atoms with E-state index in [0.29, 0.717) is 24.8 Å². The molecule has 3 rings (SSSR count). The summed E-state index contributed by atoms with van der Waals surface area (Å²) in [6.45, 7) is 8.87. The molecular formula is C19H27N5O2. The van der Waals surface area contributed by atoms with E-state index in [0.717, 1.165) is 12.8 Å². The smallest absolute Gasteiger partial charge is 0.410 e. The summed E-state index contributed by atoms with van der Waals surface area (Å²) in [4.78, 5) is 15.8. The first-order chi connectivity index (χ1) is 12.3. The molecule has 0 bridgehead atoms. The minimum Gasteiger partial charge on any atom is -0.444 e. The summed E-state index contributed by atoms with van der Waals surface area (Å²) in [7, 11) is 0. The molecule has 0 spiro atoms. The molecule has 2 aromatic rings. The van der Waals surface area contributed by atoms with E-state index < -0.39 is 5.60 Å². The molecule has 1 amide bonds. The van der Waals surface area contributed by atoms with Gasteiger partial charge < -0.3 is 9.64 Å². The minimum atomic E-state index is -0.470. The molecule has 1 fully saturated rings. The van der Waals surface area contributed by atoms with Crippen LogP contribution in [0.25, 0.3) is 0 Å². The average Bonchev–Trinajstić information content (AvgIpc) is 3.01. The van der Waals surface area contributed by atoms with Gasteiger partial charge in [0.05, 0.1) is 0 Å². The molecular weight excluding hydrogens is 330 g/mol. The summed E-state index contributed by atoms with van der Waals surface area (Å²) in [6, 6.07) is 10.3. The first kappa shape index (κ1) is 18.4. The maximum atomic E-state index is 12.3. The predicted octanol–water partition coefficient (Wildman–Crippen LogP) is 3.22. The molecule has 140 valence electrons. The maximum Gasteiger partial charge on any atom is 0.410 e. The Morgan fingerprint density at radius 3 is 2.38 bits per heavy atom.